The second-order valence-electron chi connectivity index (χ2n) is 2.81. The summed E-state index contributed by atoms with van der Waals surface area (Å²) in [6.45, 7) is 2.08. The van der Waals surface area contributed by atoms with E-state index < -0.39 is 6.23 Å². The normalized spacial score (nSPS) is 12.5. The van der Waals surface area contributed by atoms with E-state index in [1.54, 1.807) is 6.07 Å². The molecule has 1 atom stereocenters. The summed E-state index contributed by atoms with van der Waals surface area (Å²) in [6.07, 6.45) is 3.77. The van der Waals surface area contributed by atoms with Crippen molar-refractivity contribution in [3.05, 3.63) is 12.3 Å². The van der Waals surface area contributed by atoms with E-state index in [0.717, 1.165) is 19.3 Å². The maximum absolute atomic E-state index is 9.43. The number of nitrogens with zero attached hydrogens (tertiary/aromatic N) is 3. The average molecular weight is 182 g/mol. The van der Waals surface area contributed by atoms with Gasteiger partial charge in [0.15, 0.2) is 5.82 Å². The third-order valence-electron chi connectivity index (χ3n) is 1.65. The van der Waals surface area contributed by atoms with Crippen molar-refractivity contribution in [3.63, 3.8) is 0 Å². The summed E-state index contributed by atoms with van der Waals surface area (Å²) >= 11 is 0. The third-order valence-corrected chi connectivity index (χ3v) is 1.65. The van der Waals surface area contributed by atoms with Gasteiger partial charge in [-0.25, -0.2) is 0 Å². The van der Waals surface area contributed by atoms with E-state index in [1.807, 2.05) is 0 Å². The summed E-state index contributed by atoms with van der Waals surface area (Å²) in [5.41, 5.74) is 0. The molecule has 1 unspecified atom stereocenters. The molecule has 0 aromatic carbocycles. The number of unbranched alkanes of at least 4 members (excludes halogenated alkanes) is 1. The van der Waals surface area contributed by atoms with Crippen molar-refractivity contribution >= 4 is 5.82 Å². The first kappa shape index (κ1) is 9.85. The van der Waals surface area contributed by atoms with E-state index >= 15 is 0 Å². The minimum Gasteiger partial charge on any atom is -0.374 e. The van der Waals surface area contributed by atoms with E-state index in [1.165, 1.54) is 6.20 Å². The molecule has 0 saturated heterocycles. The van der Waals surface area contributed by atoms with Crippen molar-refractivity contribution in [2.45, 2.75) is 32.4 Å². The lowest BCUT2D eigenvalue weighted by molar-refractivity contribution is 0.189. The molecule has 0 bridgehead atoms. The number of hydrogen-bond acceptors (Lipinski definition) is 5. The van der Waals surface area contributed by atoms with Crippen LogP contribution in [0.25, 0.3) is 0 Å². The molecular weight excluding hydrogens is 168 g/mol. The molecule has 1 heterocycles. The minimum absolute atomic E-state index is 0.545. The van der Waals surface area contributed by atoms with Crippen LogP contribution in [0.5, 0.6) is 0 Å². The van der Waals surface area contributed by atoms with Gasteiger partial charge in [0.2, 0.25) is 0 Å². The van der Waals surface area contributed by atoms with Crippen LogP contribution in [0, 0.1) is 0 Å². The quantitative estimate of drug-likeness (QED) is 0.659. The van der Waals surface area contributed by atoms with Gasteiger partial charge in [0.05, 0.1) is 6.20 Å². The van der Waals surface area contributed by atoms with Crippen molar-refractivity contribution < 1.29 is 5.11 Å². The van der Waals surface area contributed by atoms with E-state index in [0.29, 0.717) is 5.82 Å². The molecule has 1 aromatic rings. The Hall–Kier alpha value is -1.23. The average Bonchev–Trinajstić information content (AvgIpc) is 2.16. The molecule has 1 aromatic heterocycles. The molecule has 5 heteroatoms. The molecule has 0 aliphatic heterocycles. The van der Waals surface area contributed by atoms with Gasteiger partial charge < -0.3 is 10.4 Å². The van der Waals surface area contributed by atoms with Crippen LogP contribution >= 0.6 is 0 Å². The fourth-order valence-corrected chi connectivity index (χ4v) is 0.958. The summed E-state index contributed by atoms with van der Waals surface area (Å²) < 4.78 is 0. The Labute approximate surface area is 77.2 Å². The highest BCUT2D eigenvalue weighted by molar-refractivity contribution is 5.30. The predicted octanol–water partition coefficient (Wildman–Crippen LogP) is 0.792. The third kappa shape index (κ3) is 3.80. The zero-order valence-corrected chi connectivity index (χ0v) is 7.64. The van der Waals surface area contributed by atoms with Crippen LogP contribution in [0.4, 0.5) is 5.82 Å². The molecule has 13 heavy (non-hydrogen) atoms. The zero-order valence-electron chi connectivity index (χ0n) is 7.64. The molecule has 0 amide bonds. The first-order valence-electron chi connectivity index (χ1n) is 4.42. The predicted molar refractivity (Wildman–Crippen MR) is 49.0 cm³/mol. The number of rotatable bonds is 5. The monoisotopic (exact) mass is 182 g/mol. The molecule has 0 spiro atoms. The van der Waals surface area contributed by atoms with Gasteiger partial charge in [-0.2, -0.15) is 0 Å². The Bertz CT molecular complexity index is 229. The summed E-state index contributed by atoms with van der Waals surface area (Å²) in [5.74, 6) is 0.554. The molecule has 5 nitrogen and oxygen atoms in total. The van der Waals surface area contributed by atoms with Crippen LogP contribution in [-0.2, 0) is 0 Å². The highest BCUT2D eigenvalue weighted by Crippen LogP contribution is 2.04. The van der Waals surface area contributed by atoms with Crippen LogP contribution in [-0.4, -0.2) is 26.7 Å². The lowest BCUT2D eigenvalue weighted by Crippen LogP contribution is -2.19. The summed E-state index contributed by atoms with van der Waals surface area (Å²) in [7, 11) is 0. The highest BCUT2D eigenvalue weighted by atomic mass is 16.3. The van der Waals surface area contributed by atoms with Crippen LogP contribution < -0.4 is 5.32 Å². The summed E-state index contributed by atoms with van der Waals surface area (Å²) in [5, 5.41) is 22.9. The molecule has 2 N–H and O–H groups in total. The lowest BCUT2D eigenvalue weighted by atomic mass is 10.2. The SMILES string of the molecule is CCCCC(O)Nc1ccnnn1. The smallest absolute Gasteiger partial charge is 0.154 e. The van der Waals surface area contributed by atoms with Crippen molar-refractivity contribution in [1.29, 1.82) is 0 Å². The zero-order chi connectivity index (χ0) is 9.52. The molecule has 0 fully saturated rings. The Balaban J connectivity index is 2.32. The summed E-state index contributed by atoms with van der Waals surface area (Å²) in [6, 6.07) is 1.67. The number of hydrogen-bond donors (Lipinski definition) is 2. The van der Waals surface area contributed by atoms with Gasteiger partial charge in [-0.05, 0) is 18.1 Å². The number of aliphatic hydroxyl groups is 1. The Morgan fingerprint density at radius 2 is 2.46 bits per heavy atom. The topological polar surface area (TPSA) is 70.9 Å². The maximum atomic E-state index is 9.43. The van der Waals surface area contributed by atoms with Gasteiger partial charge in [0, 0.05) is 6.07 Å². The van der Waals surface area contributed by atoms with Crippen molar-refractivity contribution in [2.75, 3.05) is 5.32 Å². The second kappa shape index (κ2) is 5.42. The first-order valence-corrected chi connectivity index (χ1v) is 4.42. The number of aliphatic hydroxyl groups excluding tert-OH is 1. The van der Waals surface area contributed by atoms with Crippen molar-refractivity contribution in [1.82, 2.24) is 15.4 Å². The van der Waals surface area contributed by atoms with Crippen LogP contribution in [0.1, 0.15) is 26.2 Å². The molecule has 72 valence electrons. The van der Waals surface area contributed by atoms with Gasteiger partial charge in [0.1, 0.15) is 6.23 Å². The Kier molecular flexibility index (Phi) is 4.11. The van der Waals surface area contributed by atoms with Crippen LogP contribution in [0.2, 0.25) is 0 Å². The van der Waals surface area contributed by atoms with Gasteiger partial charge in [-0.1, -0.05) is 13.3 Å². The Morgan fingerprint density at radius 3 is 3.08 bits per heavy atom. The van der Waals surface area contributed by atoms with Crippen LogP contribution in [0.15, 0.2) is 12.3 Å². The molecule has 0 aliphatic carbocycles. The fourth-order valence-electron chi connectivity index (χ4n) is 0.958. The van der Waals surface area contributed by atoms with Gasteiger partial charge in [-0.3, -0.25) is 0 Å². The lowest BCUT2D eigenvalue weighted by Gasteiger charge is -2.11. The number of aromatic nitrogens is 3. The molecule has 1 rings (SSSR count). The van der Waals surface area contributed by atoms with Crippen molar-refractivity contribution in [3.8, 4) is 0 Å². The molecule has 0 saturated carbocycles. The van der Waals surface area contributed by atoms with Crippen LogP contribution in [0.3, 0.4) is 0 Å². The highest BCUT2D eigenvalue weighted by Gasteiger charge is 2.02. The van der Waals surface area contributed by atoms with E-state index in [2.05, 4.69) is 27.7 Å². The van der Waals surface area contributed by atoms with Gasteiger partial charge in [-0.15, -0.1) is 10.2 Å². The van der Waals surface area contributed by atoms with E-state index in [-0.39, 0.29) is 0 Å². The van der Waals surface area contributed by atoms with Gasteiger partial charge >= 0.3 is 0 Å². The molecular formula is C8H14N4O. The Morgan fingerprint density at radius 1 is 1.62 bits per heavy atom. The fraction of sp³-hybridized carbons (Fsp3) is 0.625. The largest absolute Gasteiger partial charge is 0.374 e. The maximum Gasteiger partial charge on any atom is 0.154 e. The second-order valence-corrected chi connectivity index (χ2v) is 2.81. The molecule has 0 aliphatic rings. The summed E-state index contributed by atoms with van der Waals surface area (Å²) in [4.78, 5) is 0. The minimum atomic E-state index is -0.545. The van der Waals surface area contributed by atoms with Crippen molar-refractivity contribution in [2.24, 2.45) is 0 Å². The first-order chi connectivity index (χ1) is 6.33. The van der Waals surface area contributed by atoms with E-state index in [4.69, 9.17) is 0 Å². The van der Waals surface area contributed by atoms with Gasteiger partial charge in [0.25, 0.3) is 0 Å². The number of anilines is 1. The van der Waals surface area contributed by atoms with E-state index in [9.17, 15) is 5.11 Å². The standard InChI is InChI=1S/C8H14N4O/c1-2-3-4-8(13)10-7-5-6-9-12-11-7/h5-6,8,13H,2-4H2,1H3,(H,9,10,11). The molecule has 0 radical (unpaired) electrons. The number of nitrogens with one attached hydrogen (secondary N) is 1.